The van der Waals surface area contributed by atoms with Crippen LogP contribution in [-0.2, 0) is 11.2 Å². The Morgan fingerprint density at radius 2 is 2.00 bits per heavy atom. The van der Waals surface area contributed by atoms with Crippen LogP contribution in [0.5, 0.6) is 0 Å². The molecule has 110 valence electrons. The van der Waals surface area contributed by atoms with E-state index >= 15 is 0 Å². The summed E-state index contributed by atoms with van der Waals surface area (Å²) in [6, 6.07) is 3.46. The Labute approximate surface area is 115 Å². The maximum atomic E-state index is 13.5. The minimum absolute atomic E-state index is 0.00618. The molecule has 0 aliphatic rings. The lowest BCUT2D eigenvalue weighted by molar-refractivity contribution is -0.130. The number of likely N-dealkylation sites (N-methyl/N-ethyl adjacent to an activating group) is 1. The normalized spacial score (nSPS) is 11.4. The number of benzene rings is 1. The summed E-state index contributed by atoms with van der Waals surface area (Å²) in [5.41, 5.74) is 5.07. The Bertz CT molecular complexity index is 486. The molecule has 20 heavy (non-hydrogen) atoms. The molecule has 0 unspecified atom stereocenters. The van der Waals surface area contributed by atoms with E-state index in [2.05, 4.69) is 5.16 Å². The molecule has 0 fully saturated rings. The van der Waals surface area contributed by atoms with Crippen LogP contribution in [0.15, 0.2) is 23.4 Å². The molecule has 0 saturated carbocycles. The van der Waals surface area contributed by atoms with Gasteiger partial charge in [0.05, 0.1) is 6.42 Å². The lowest BCUT2D eigenvalue weighted by Crippen LogP contribution is -2.35. The van der Waals surface area contributed by atoms with Crippen molar-refractivity contribution in [3.63, 3.8) is 0 Å². The summed E-state index contributed by atoms with van der Waals surface area (Å²) in [6.45, 7) is 2.33. The van der Waals surface area contributed by atoms with Gasteiger partial charge < -0.3 is 15.8 Å². The summed E-state index contributed by atoms with van der Waals surface area (Å²) in [5, 5.41) is 11.2. The first-order valence-electron chi connectivity index (χ1n) is 6.16. The molecule has 1 aromatic rings. The van der Waals surface area contributed by atoms with E-state index < -0.39 is 17.5 Å². The van der Waals surface area contributed by atoms with Crippen molar-refractivity contribution in [2.45, 2.75) is 19.8 Å². The highest BCUT2D eigenvalue weighted by Gasteiger charge is 2.17. The van der Waals surface area contributed by atoms with Gasteiger partial charge in [-0.3, -0.25) is 4.79 Å². The molecule has 0 radical (unpaired) electrons. The Morgan fingerprint density at radius 3 is 2.50 bits per heavy atom. The van der Waals surface area contributed by atoms with E-state index in [0.29, 0.717) is 6.54 Å². The number of hydrogen-bond acceptors (Lipinski definition) is 3. The maximum Gasteiger partial charge on any atom is 0.227 e. The highest BCUT2D eigenvalue weighted by molar-refractivity contribution is 5.82. The number of amidine groups is 1. The number of carbonyl (C=O) groups is 1. The van der Waals surface area contributed by atoms with Gasteiger partial charge >= 0.3 is 0 Å². The van der Waals surface area contributed by atoms with Crippen LogP contribution in [0.2, 0.25) is 0 Å². The number of rotatable bonds is 6. The van der Waals surface area contributed by atoms with Crippen LogP contribution < -0.4 is 5.73 Å². The predicted molar refractivity (Wildman–Crippen MR) is 70.3 cm³/mol. The van der Waals surface area contributed by atoms with Crippen molar-refractivity contribution in [3.05, 3.63) is 35.4 Å². The van der Waals surface area contributed by atoms with Crippen LogP contribution in [-0.4, -0.2) is 34.9 Å². The molecule has 0 saturated heterocycles. The zero-order valence-electron chi connectivity index (χ0n) is 11.1. The predicted octanol–water partition coefficient (Wildman–Crippen LogP) is 1.49. The Morgan fingerprint density at radius 1 is 1.40 bits per heavy atom. The second-order valence-electron chi connectivity index (χ2n) is 4.19. The number of nitrogens with zero attached hydrogens (tertiary/aromatic N) is 2. The average molecular weight is 285 g/mol. The smallest absolute Gasteiger partial charge is 0.227 e. The van der Waals surface area contributed by atoms with Gasteiger partial charge in [0, 0.05) is 25.1 Å². The van der Waals surface area contributed by atoms with Crippen LogP contribution in [0.25, 0.3) is 0 Å². The van der Waals surface area contributed by atoms with Crippen LogP contribution >= 0.6 is 0 Å². The van der Waals surface area contributed by atoms with Crippen molar-refractivity contribution in [2.24, 2.45) is 10.9 Å². The van der Waals surface area contributed by atoms with Crippen molar-refractivity contribution in [2.75, 3.05) is 13.1 Å². The Kier molecular flexibility index (Phi) is 5.89. The second kappa shape index (κ2) is 7.42. The zero-order chi connectivity index (χ0) is 15.1. The average Bonchev–Trinajstić information content (AvgIpc) is 2.43. The topological polar surface area (TPSA) is 78.9 Å². The molecule has 1 aromatic carbocycles. The van der Waals surface area contributed by atoms with Crippen LogP contribution in [0.4, 0.5) is 8.78 Å². The second-order valence-corrected chi connectivity index (χ2v) is 4.19. The van der Waals surface area contributed by atoms with Gasteiger partial charge in [0.2, 0.25) is 5.91 Å². The highest BCUT2D eigenvalue weighted by atomic mass is 19.1. The molecular weight excluding hydrogens is 268 g/mol. The van der Waals surface area contributed by atoms with Gasteiger partial charge in [-0.15, -0.1) is 0 Å². The standard InChI is InChI=1S/C13H17F2N3O2/c1-2-18(7-6-12(16)17-20)13(19)8-9-10(14)4-3-5-11(9)15/h3-5,20H,2,6-8H2,1H3,(H2,16,17). The van der Waals surface area contributed by atoms with Crippen LogP contribution in [0.3, 0.4) is 0 Å². The number of hydrogen-bond donors (Lipinski definition) is 2. The fourth-order valence-electron chi connectivity index (χ4n) is 1.72. The molecule has 0 aliphatic carbocycles. The quantitative estimate of drug-likeness (QED) is 0.360. The fraction of sp³-hybridized carbons (Fsp3) is 0.385. The molecule has 0 bridgehead atoms. The molecule has 3 N–H and O–H groups in total. The molecule has 1 rings (SSSR count). The van der Waals surface area contributed by atoms with Crippen LogP contribution in [0, 0.1) is 11.6 Å². The van der Waals surface area contributed by atoms with Crippen molar-refractivity contribution in [1.29, 1.82) is 0 Å². The van der Waals surface area contributed by atoms with Gasteiger partial charge in [-0.25, -0.2) is 8.78 Å². The van der Waals surface area contributed by atoms with Gasteiger partial charge in [0.15, 0.2) is 0 Å². The molecule has 7 heteroatoms. The summed E-state index contributed by atoms with van der Waals surface area (Å²) in [4.78, 5) is 13.4. The third-order valence-electron chi connectivity index (χ3n) is 2.89. The van der Waals surface area contributed by atoms with E-state index in [0.717, 1.165) is 12.1 Å². The molecule has 1 amide bonds. The number of nitrogens with two attached hydrogens (primary N) is 1. The van der Waals surface area contributed by atoms with Gasteiger partial charge in [0.1, 0.15) is 17.5 Å². The molecule has 0 aliphatic heterocycles. The number of oxime groups is 1. The first-order chi connectivity index (χ1) is 9.49. The SMILES string of the molecule is CCN(CC/C(N)=N/O)C(=O)Cc1c(F)cccc1F. The van der Waals surface area contributed by atoms with Crippen molar-refractivity contribution >= 4 is 11.7 Å². The van der Waals surface area contributed by atoms with Gasteiger partial charge in [0.25, 0.3) is 0 Å². The lowest BCUT2D eigenvalue weighted by atomic mass is 10.1. The maximum absolute atomic E-state index is 13.5. The molecular formula is C13H17F2N3O2. The Hall–Kier alpha value is -2.18. The monoisotopic (exact) mass is 285 g/mol. The van der Waals surface area contributed by atoms with E-state index in [-0.39, 0.29) is 30.8 Å². The summed E-state index contributed by atoms with van der Waals surface area (Å²) < 4.78 is 26.9. The van der Waals surface area contributed by atoms with E-state index in [1.165, 1.54) is 11.0 Å². The van der Waals surface area contributed by atoms with Crippen molar-refractivity contribution < 1.29 is 18.8 Å². The third kappa shape index (κ3) is 4.18. The summed E-state index contributed by atoms with van der Waals surface area (Å²) >= 11 is 0. The van der Waals surface area contributed by atoms with Crippen LogP contribution in [0.1, 0.15) is 18.9 Å². The molecule has 0 heterocycles. The van der Waals surface area contributed by atoms with Crippen molar-refractivity contribution in [3.8, 4) is 0 Å². The van der Waals surface area contributed by atoms with Gasteiger partial charge in [-0.05, 0) is 19.1 Å². The Balaban J connectivity index is 2.73. The largest absolute Gasteiger partial charge is 0.409 e. The van der Waals surface area contributed by atoms with E-state index in [9.17, 15) is 13.6 Å². The van der Waals surface area contributed by atoms with E-state index in [1.807, 2.05) is 0 Å². The third-order valence-corrected chi connectivity index (χ3v) is 2.89. The van der Waals surface area contributed by atoms with Gasteiger partial charge in [-0.2, -0.15) is 0 Å². The first kappa shape index (κ1) is 15.9. The van der Waals surface area contributed by atoms with E-state index in [4.69, 9.17) is 10.9 Å². The van der Waals surface area contributed by atoms with Crippen molar-refractivity contribution in [1.82, 2.24) is 4.90 Å². The minimum atomic E-state index is -0.745. The number of amides is 1. The summed E-state index contributed by atoms with van der Waals surface area (Å²) in [5.74, 6) is -1.91. The van der Waals surface area contributed by atoms with E-state index in [1.54, 1.807) is 6.92 Å². The highest BCUT2D eigenvalue weighted by Crippen LogP contribution is 2.13. The number of carbonyl (C=O) groups excluding carboxylic acids is 1. The molecule has 0 aromatic heterocycles. The molecule has 5 nitrogen and oxygen atoms in total. The summed E-state index contributed by atoms with van der Waals surface area (Å²) in [7, 11) is 0. The molecule has 0 atom stereocenters. The summed E-state index contributed by atoms with van der Waals surface area (Å²) in [6.07, 6.45) is -0.168. The lowest BCUT2D eigenvalue weighted by Gasteiger charge is -2.20. The molecule has 0 spiro atoms. The first-order valence-corrected chi connectivity index (χ1v) is 6.16. The minimum Gasteiger partial charge on any atom is -0.409 e. The fourth-order valence-corrected chi connectivity index (χ4v) is 1.72. The number of halogens is 2. The van der Waals surface area contributed by atoms with Gasteiger partial charge in [-0.1, -0.05) is 11.2 Å². The zero-order valence-corrected chi connectivity index (χ0v) is 11.1.